The van der Waals surface area contributed by atoms with E-state index in [1.54, 1.807) is 0 Å². The molecule has 5 nitrogen and oxygen atoms in total. The first-order valence-corrected chi connectivity index (χ1v) is 13.4. The normalized spacial score (nSPS) is 11.6. The summed E-state index contributed by atoms with van der Waals surface area (Å²) in [4.78, 5) is 9.64. The lowest BCUT2D eigenvalue weighted by Gasteiger charge is -2.16. The Bertz CT molecular complexity index is 2170. The second kappa shape index (κ2) is 8.82. The summed E-state index contributed by atoms with van der Waals surface area (Å²) >= 11 is 0. The second-order valence-corrected chi connectivity index (χ2v) is 10.1. The van der Waals surface area contributed by atoms with Gasteiger partial charge in [0.05, 0.1) is 39.1 Å². The molecule has 0 aliphatic carbocycles. The van der Waals surface area contributed by atoms with Crippen molar-refractivity contribution in [1.29, 1.82) is 0 Å². The van der Waals surface area contributed by atoms with Crippen molar-refractivity contribution >= 4 is 32.8 Å². The zero-order valence-electron chi connectivity index (χ0n) is 21.9. The van der Waals surface area contributed by atoms with Crippen LogP contribution in [0.5, 0.6) is 0 Å². The van der Waals surface area contributed by atoms with Crippen molar-refractivity contribution in [2.24, 2.45) is 7.05 Å². The molecule has 0 radical (unpaired) electrons. The number of para-hydroxylation sites is 3. The molecule has 0 aliphatic heterocycles. The molecule has 0 saturated heterocycles. The van der Waals surface area contributed by atoms with Gasteiger partial charge in [-0.25, -0.2) is 4.98 Å². The van der Waals surface area contributed by atoms with Crippen LogP contribution < -0.4 is 0 Å². The van der Waals surface area contributed by atoms with Gasteiger partial charge in [0, 0.05) is 47.5 Å². The maximum atomic E-state index is 5.00. The van der Waals surface area contributed by atoms with Crippen LogP contribution in [-0.2, 0) is 7.05 Å². The molecular formula is C35H25N5. The van der Waals surface area contributed by atoms with Crippen LogP contribution in [0.2, 0.25) is 0 Å². The Hall–Kier alpha value is -5.42. The SMILES string of the molecule is Cn1c(-c2ccc3c4ccccc4n(-c4cc(-c5ccccn5)ccc4-n4cccc4)c3c2)nc2ccccc21. The van der Waals surface area contributed by atoms with Gasteiger partial charge in [-0.15, -0.1) is 0 Å². The van der Waals surface area contributed by atoms with E-state index < -0.39 is 0 Å². The highest BCUT2D eigenvalue weighted by atomic mass is 15.1. The summed E-state index contributed by atoms with van der Waals surface area (Å²) in [7, 11) is 2.09. The number of nitrogens with zero attached hydrogens (tertiary/aromatic N) is 5. The molecule has 4 heterocycles. The second-order valence-electron chi connectivity index (χ2n) is 10.1. The molecule has 0 bridgehead atoms. The molecule has 8 aromatic rings. The number of aryl methyl sites for hydroxylation is 1. The van der Waals surface area contributed by atoms with Crippen LogP contribution in [0.25, 0.3) is 66.9 Å². The summed E-state index contributed by atoms with van der Waals surface area (Å²) in [5.41, 5.74) is 9.71. The van der Waals surface area contributed by atoms with Crippen LogP contribution >= 0.6 is 0 Å². The molecule has 4 aromatic heterocycles. The Morgan fingerprint density at radius 1 is 0.575 bits per heavy atom. The van der Waals surface area contributed by atoms with E-state index in [2.05, 4.69) is 135 Å². The lowest BCUT2D eigenvalue weighted by Crippen LogP contribution is -2.03. The Labute approximate surface area is 231 Å². The molecule has 4 aromatic carbocycles. The topological polar surface area (TPSA) is 40.6 Å². The first kappa shape index (κ1) is 22.6. The number of pyridine rings is 1. The molecule has 0 aliphatic rings. The minimum atomic E-state index is 0.948. The average Bonchev–Trinajstić information content (AvgIpc) is 3.74. The van der Waals surface area contributed by atoms with Gasteiger partial charge in [0.1, 0.15) is 5.82 Å². The number of rotatable bonds is 4. The van der Waals surface area contributed by atoms with Gasteiger partial charge in [-0.1, -0.05) is 54.6 Å². The van der Waals surface area contributed by atoms with Crippen LogP contribution in [0, 0.1) is 0 Å². The Morgan fingerprint density at radius 3 is 2.15 bits per heavy atom. The standard InChI is InChI=1S/C35H25N5/c1-38-31-14-5-3-12-29(31)37-35(38)25-15-17-27-26-10-2-4-13-30(26)40(33(27)23-25)34-22-24(28-11-6-7-19-36-28)16-18-32(34)39-20-8-9-21-39/h2-23H,1H3. The summed E-state index contributed by atoms with van der Waals surface area (Å²) in [5, 5.41) is 2.43. The lowest BCUT2D eigenvalue weighted by molar-refractivity contribution is 0.959. The van der Waals surface area contributed by atoms with E-state index >= 15 is 0 Å². The fraction of sp³-hybridized carbons (Fsp3) is 0.0286. The van der Waals surface area contributed by atoms with Crippen molar-refractivity contribution in [1.82, 2.24) is 23.7 Å². The molecular weight excluding hydrogens is 490 g/mol. The number of benzene rings is 4. The highest BCUT2D eigenvalue weighted by Gasteiger charge is 2.18. The molecule has 0 amide bonds. The minimum Gasteiger partial charge on any atom is -0.327 e. The van der Waals surface area contributed by atoms with Gasteiger partial charge < -0.3 is 13.7 Å². The van der Waals surface area contributed by atoms with Crippen molar-refractivity contribution in [3.8, 4) is 34.0 Å². The third kappa shape index (κ3) is 3.41. The van der Waals surface area contributed by atoms with Crippen LogP contribution in [0.4, 0.5) is 0 Å². The summed E-state index contributed by atoms with van der Waals surface area (Å²) in [5.74, 6) is 0.952. The first-order chi connectivity index (χ1) is 19.8. The van der Waals surface area contributed by atoms with Crippen LogP contribution in [0.3, 0.4) is 0 Å². The van der Waals surface area contributed by atoms with Crippen molar-refractivity contribution in [2.45, 2.75) is 0 Å². The summed E-state index contributed by atoms with van der Waals surface area (Å²) in [6, 6.07) is 40.4. The van der Waals surface area contributed by atoms with E-state index in [4.69, 9.17) is 4.98 Å². The molecule has 5 heteroatoms. The van der Waals surface area contributed by atoms with Gasteiger partial charge in [-0.2, -0.15) is 0 Å². The zero-order chi connectivity index (χ0) is 26.6. The molecule has 0 unspecified atom stereocenters. The quantitative estimate of drug-likeness (QED) is 0.237. The number of aromatic nitrogens is 5. The molecule has 190 valence electrons. The van der Waals surface area contributed by atoms with Crippen LogP contribution in [0.1, 0.15) is 0 Å². The summed E-state index contributed by atoms with van der Waals surface area (Å²) in [6.07, 6.45) is 6.04. The van der Waals surface area contributed by atoms with E-state index in [9.17, 15) is 0 Å². The maximum Gasteiger partial charge on any atom is 0.140 e. The van der Waals surface area contributed by atoms with Crippen LogP contribution in [-0.4, -0.2) is 23.7 Å². The lowest BCUT2D eigenvalue weighted by atomic mass is 10.1. The Morgan fingerprint density at radius 2 is 1.32 bits per heavy atom. The van der Waals surface area contributed by atoms with Gasteiger partial charge in [0.25, 0.3) is 0 Å². The number of hydrogen-bond acceptors (Lipinski definition) is 2. The molecule has 0 atom stereocenters. The minimum absolute atomic E-state index is 0.948. The fourth-order valence-electron chi connectivity index (χ4n) is 5.88. The third-order valence-corrected chi connectivity index (χ3v) is 7.78. The highest BCUT2D eigenvalue weighted by Crippen LogP contribution is 2.38. The summed E-state index contributed by atoms with van der Waals surface area (Å²) in [6.45, 7) is 0. The average molecular weight is 516 g/mol. The zero-order valence-corrected chi connectivity index (χ0v) is 21.9. The van der Waals surface area contributed by atoms with Crippen LogP contribution in [0.15, 0.2) is 134 Å². The number of imidazole rings is 1. The molecule has 0 fully saturated rings. The smallest absolute Gasteiger partial charge is 0.140 e. The van der Waals surface area contributed by atoms with Gasteiger partial charge in [-0.3, -0.25) is 4.98 Å². The van der Waals surface area contributed by atoms with E-state index in [-0.39, 0.29) is 0 Å². The van der Waals surface area contributed by atoms with Gasteiger partial charge in [-0.05, 0) is 60.7 Å². The number of fused-ring (bicyclic) bond motifs is 4. The predicted molar refractivity (Wildman–Crippen MR) is 163 cm³/mol. The van der Waals surface area contributed by atoms with E-state index in [1.807, 2.05) is 24.4 Å². The van der Waals surface area contributed by atoms with E-state index in [0.717, 1.165) is 56.1 Å². The van der Waals surface area contributed by atoms with Crippen molar-refractivity contribution in [3.05, 3.63) is 134 Å². The van der Waals surface area contributed by atoms with Crippen molar-refractivity contribution in [3.63, 3.8) is 0 Å². The van der Waals surface area contributed by atoms with Crippen molar-refractivity contribution < 1.29 is 0 Å². The maximum absolute atomic E-state index is 5.00. The van der Waals surface area contributed by atoms with Gasteiger partial charge >= 0.3 is 0 Å². The molecule has 0 spiro atoms. The Kier molecular flexibility index (Phi) is 4.97. The molecule has 40 heavy (non-hydrogen) atoms. The number of hydrogen-bond donors (Lipinski definition) is 0. The van der Waals surface area contributed by atoms with E-state index in [0.29, 0.717) is 0 Å². The van der Waals surface area contributed by atoms with Crippen molar-refractivity contribution in [2.75, 3.05) is 0 Å². The van der Waals surface area contributed by atoms with Gasteiger partial charge in [0.2, 0.25) is 0 Å². The summed E-state index contributed by atoms with van der Waals surface area (Å²) < 4.78 is 6.74. The molecule has 8 rings (SSSR count). The first-order valence-electron chi connectivity index (χ1n) is 13.4. The fourth-order valence-corrected chi connectivity index (χ4v) is 5.88. The predicted octanol–water partition coefficient (Wildman–Crippen LogP) is 8.19. The van der Waals surface area contributed by atoms with Gasteiger partial charge in [0.15, 0.2) is 0 Å². The molecule has 0 saturated carbocycles. The highest BCUT2D eigenvalue weighted by molar-refractivity contribution is 6.10. The van der Waals surface area contributed by atoms with E-state index in [1.165, 1.54) is 10.8 Å². The molecule has 0 N–H and O–H groups in total. The Balaban J connectivity index is 1.45. The monoisotopic (exact) mass is 515 g/mol. The third-order valence-electron chi connectivity index (χ3n) is 7.78. The largest absolute Gasteiger partial charge is 0.327 e.